The van der Waals surface area contributed by atoms with Gasteiger partial charge in [-0.3, -0.25) is 5.32 Å². The molecule has 23 heavy (non-hydrogen) atoms. The van der Waals surface area contributed by atoms with Gasteiger partial charge in [-0.25, -0.2) is 0 Å². The van der Waals surface area contributed by atoms with Crippen molar-refractivity contribution >= 4 is 53.7 Å². The fraction of sp³-hybridized carbons (Fsp3) is 0.294. The van der Waals surface area contributed by atoms with E-state index in [0.717, 1.165) is 30.8 Å². The number of benzene rings is 2. The molecule has 2 atom stereocenters. The summed E-state index contributed by atoms with van der Waals surface area (Å²) >= 11 is 7.07. The van der Waals surface area contributed by atoms with Gasteiger partial charge < -0.3 is 14.8 Å². The van der Waals surface area contributed by atoms with Crippen LogP contribution in [0.25, 0.3) is 21.8 Å². The summed E-state index contributed by atoms with van der Waals surface area (Å²) in [5, 5.41) is 24.8. The van der Waals surface area contributed by atoms with Gasteiger partial charge in [-0.1, -0.05) is 31.9 Å². The molecule has 0 radical (unpaired) electrons. The van der Waals surface area contributed by atoms with Gasteiger partial charge in [0.1, 0.15) is 6.17 Å². The van der Waals surface area contributed by atoms with Crippen molar-refractivity contribution in [3.8, 4) is 0 Å². The quantitative estimate of drug-likeness (QED) is 0.564. The van der Waals surface area contributed by atoms with Gasteiger partial charge in [-0.05, 0) is 43.3 Å². The van der Waals surface area contributed by atoms with Crippen molar-refractivity contribution in [3.05, 3.63) is 45.3 Å². The van der Waals surface area contributed by atoms with Crippen molar-refractivity contribution in [2.24, 2.45) is 0 Å². The van der Waals surface area contributed by atoms with Crippen LogP contribution in [0.4, 0.5) is 0 Å². The van der Waals surface area contributed by atoms with Crippen LogP contribution in [0.1, 0.15) is 13.1 Å². The average Bonchev–Trinajstić information content (AvgIpc) is 2.81. The third-order valence-electron chi connectivity index (χ3n) is 3.93. The highest BCUT2D eigenvalue weighted by Gasteiger charge is 2.22. The van der Waals surface area contributed by atoms with E-state index >= 15 is 0 Å². The maximum Gasteiger partial charge on any atom is 0.111 e. The Balaban J connectivity index is 2.32. The minimum absolute atomic E-state index is 0.0252. The SMILES string of the molecule is CC(O)C(NCCO)n1c2ccc(Br)cc2c2cc(Br)ccc21. The first-order chi connectivity index (χ1) is 11.0. The highest BCUT2D eigenvalue weighted by molar-refractivity contribution is 9.10. The van der Waals surface area contributed by atoms with E-state index in [2.05, 4.69) is 53.9 Å². The number of aliphatic hydroxyl groups excluding tert-OH is 2. The molecule has 0 amide bonds. The molecule has 0 bridgehead atoms. The number of fused-ring (bicyclic) bond motifs is 3. The summed E-state index contributed by atoms with van der Waals surface area (Å²) in [6.45, 7) is 2.20. The smallest absolute Gasteiger partial charge is 0.111 e. The molecule has 1 heterocycles. The Hall–Kier alpha value is -0.920. The van der Waals surface area contributed by atoms with Crippen molar-refractivity contribution in [1.82, 2.24) is 9.88 Å². The molecular formula is C17H18Br2N2O2. The van der Waals surface area contributed by atoms with Crippen LogP contribution in [0.2, 0.25) is 0 Å². The van der Waals surface area contributed by atoms with Gasteiger partial charge in [-0.2, -0.15) is 0 Å². The van der Waals surface area contributed by atoms with Crippen molar-refractivity contribution in [2.75, 3.05) is 13.2 Å². The van der Waals surface area contributed by atoms with Gasteiger partial charge in [0.15, 0.2) is 0 Å². The molecule has 3 aromatic rings. The van der Waals surface area contributed by atoms with Crippen LogP contribution in [-0.2, 0) is 0 Å². The third-order valence-corrected chi connectivity index (χ3v) is 4.91. The minimum Gasteiger partial charge on any atom is -0.395 e. The van der Waals surface area contributed by atoms with Gasteiger partial charge in [-0.15, -0.1) is 0 Å². The molecule has 122 valence electrons. The second-order valence-corrected chi connectivity index (χ2v) is 7.39. The molecule has 0 aliphatic carbocycles. The van der Waals surface area contributed by atoms with Crippen LogP contribution < -0.4 is 5.32 Å². The van der Waals surface area contributed by atoms with E-state index in [-0.39, 0.29) is 12.8 Å². The topological polar surface area (TPSA) is 57.4 Å². The number of rotatable bonds is 5. The lowest BCUT2D eigenvalue weighted by Crippen LogP contribution is -2.36. The third kappa shape index (κ3) is 3.19. The van der Waals surface area contributed by atoms with Crippen LogP contribution in [0.5, 0.6) is 0 Å². The molecule has 0 fully saturated rings. The van der Waals surface area contributed by atoms with E-state index in [9.17, 15) is 5.11 Å². The van der Waals surface area contributed by atoms with Gasteiger partial charge in [0, 0.05) is 26.3 Å². The fourth-order valence-electron chi connectivity index (χ4n) is 2.99. The van der Waals surface area contributed by atoms with Crippen molar-refractivity contribution < 1.29 is 10.2 Å². The van der Waals surface area contributed by atoms with Crippen molar-refractivity contribution in [3.63, 3.8) is 0 Å². The Morgan fingerprint density at radius 3 is 2.00 bits per heavy atom. The standard InChI is InChI=1S/C17H18Br2N2O2/c1-10(23)17(20-6-7-22)21-15-4-2-11(18)8-13(15)14-9-12(19)3-5-16(14)21/h2-5,8-10,17,20,22-23H,6-7H2,1H3. The maximum atomic E-state index is 10.3. The molecule has 3 rings (SSSR count). The monoisotopic (exact) mass is 440 g/mol. The Morgan fingerprint density at radius 2 is 1.57 bits per heavy atom. The van der Waals surface area contributed by atoms with E-state index in [1.807, 2.05) is 24.3 Å². The zero-order valence-corrected chi connectivity index (χ0v) is 15.8. The summed E-state index contributed by atoms with van der Waals surface area (Å²) in [6.07, 6.45) is -0.919. The molecule has 0 saturated heterocycles. The maximum absolute atomic E-state index is 10.3. The van der Waals surface area contributed by atoms with Crippen LogP contribution >= 0.6 is 31.9 Å². The number of aliphatic hydroxyl groups is 2. The summed E-state index contributed by atoms with van der Waals surface area (Å²) in [4.78, 5) is 0. The van der Waals surface area contributed by atoms with Crippen molar-refractivity contribution in [1.29, 1.82) is 0 Å². The lowest BCUT2D eigenvalue weighted by molar-refractivity contribution is 0.110. The normalized spacial score (nSPS) is 14.5. The lowest BCUT2D eigenvalue weighted by atomic mass is 10.2. The second kappa shape index (κ2) is 6.91. The Morgan fingerprint density at radius 1 is 1.04 bits per heavy atom. The number of hydrogen-bond acceptors (Lipinski definition) is 3. The number of hydrogen-bond donors (Lipinski definition) is 3. The molecule has 2 unspecified atom stereocenters. The van der Waals surface area contributed by atoms with E-state index in [4.69, 9.17) is 5.11 Å². The van der Waals surface area contributed by atoms with Gasteiger partial charge in [0.25, 0.3) is 0 Å². The Labute approximate surface area is 151 Å². The van der Waals surface area contributed by atoms with E-state index in [0.29, 0.717) is 6.54 Å². The van der Waals surface area contributed by atoms with E-state index < -0.39 is 6.10 Å². The number of halogens is 2. The number of nitrogens with one attached hydrogen (secondary N) is 1. The summed E-state index contributed by atoms with van der Waals surface area (Å²) in [7, 11) is 0. The van der Waals surface area contributed by atoms with Crippen LogP contribution in [0.3, 0.4) is 0 Å². The first-order valence-corrected chi connectivity index (χ1v) is 9.02. The van der Waals surface area contributed by atoms with E-state index in [1.165, 1.54) is 0 Å². The largest absolute Gasteiger partial charge is 0.395 e. The highest BCUT2D eigenvalue weighted by atomic mass is 79.9. The van der Waals surface area contributed by atoms with Gasteiger partial charge in [0.2, 0.25) is 0 Å². The van der Waals surface area contributed by atoms with Crippen LogP contribution in [0.15, 0.2) is 45.3 Å². The first-order valence-electron chi connectivity index (χ1n) is 7.44. The molecule has 0 aliphatic heterocycles. The average molecular weight is 442 g/mol. The predicted molar refractivity (Wildman–Crippen MR) is 101 cm³/mol. The first kappa shape index (κ1) is 16.9. The number of nitrogens with zero attached hydrogens (tertiary/aromatic N) is 1. The summed E-state index contributed by atoms with van der Waals surface area (Å²) < 4.78 is 4.13. The van der Waals surface area contributed by atoms with Gasteiger partial charge in [0.05, 0.1) is 23.7 Å². The number of aromatic nitrogens is 1. The molecule has 3 N–H and O–H groups in total. The molecular weight excluding hydrogens is 424 g/mol. The molecule has 0 aliphatic rings. The molecule has 6 heteroatoms. The van der Waals surface area contributed by atoms with Crippen molar-refractivity contribution in [2.45, 2.75) is 19.2 Å². The lowest BCUT2D eigenvalue weighted by Gasteiger charge is -2.25. The summed E-state index contributed by atoms with van der Waals surface area (Å²) in [5.74, 6) is 0. The Bertz CT molecular complexity index is 786. The minimum atomic E-state index is -0.604. The molecule has 2 aromatic carbocycles. The summed E-state index contributed by atoms with van der Waals surface area (Å²) in [6, 6.07) is 12.3. The predicted octanol–water partition coefficient (Wildman–Crippen LogP) is 3.78. The molecule has 0 saturated carbocycles. The molecule has 1 aromatic heterocycles. The zero-order chi connectivity index (χ0) is 16.6. The van der Waals surface area contributed by atoms with Gasteiger partial charge >= 0.3 is 0 Å². The zero-order valence-electron chi connectivity index (χ0n) is 12.6. The fourth-order valence-corrected chi connectivity index (χ4v) is 3.71. The van der Waals surface area contributed by atoms with E-state index in [1.54, 1.807) is 6.92 Å². The molecule has 0 spiro atoms. The second-order valence-electron chi connectivity index (χ2n) is 5.56. The van der Waals surface area contributed by atoms with Crippen LogP contribution in [0, 0.1) is 0 Å². The highest BCUT2D eigenvalue weighted by Crippen LogP contribution is 2.35. The molecule has 4 nitrogen and oxygen atoms in total. The Kier molecular flexibility index (Phi) is 5.08. The summed E-state index contributed by atoms with van der Waals surface area (Å²) in [5.41, 5.74) is 2.08. The van der Waals surface area contributed by atoms with Crippen LogP contribution in [-0.4, -0.2) is 34.0 Å².